The van der Waals surface area contributed by atoms with Crippen molar-refractivity contribution < 1.29 is 14.3 Å². The molecule has 0 spiro atoms. The largest absolute Gasteiger partial charge is 0.448 e. The second-order valence-electron chi connectivity index (χ2n) is 7.06. The van der Waals surface area contributed by atoms with Crippen LogP contribution in [0.1, 0.15) is 22.1 Å². The van der Waals surface area contributed by atoms with Crippen molar-refractivity contribution in [1.82, 2.24) is 20.1 Å². The van der Waals surface area contributed by atoms with Gasteiger partial charge in [-0.25, -0.2) is 4.98 Å². The van der Waals surface area contributed by atoms with Gasteiger partial charge in [-0.3, -0.25) is 4.79 Å². The van der Waals surface area contributed by atoms with Crippen LogP contribution in [0.3, 0.4) is 0 Å². The molecule has 1 amide bonds. The van der Waals surface area contributed by atoms with Crippen molar-refractivity contribution >= 4 is 12.1 Å². The molecule has 1 aromatic carbocycles. The number of aliphatic hydroxyl groups is 1. The number of amides is 1. The summed E-state index contributed by atoms with van der Waals surface area (Å²) in [6.07, 6.45) is 3.89. The summed E-state index contributed by atoms with van der Waals surface area (Å²) in [7, 11) is 0. The number of β-amino-alcohol motifs (C(OH)–C–C–N with tert-alkyl or cyclic N) is 1. The van der Waals surface area contributed by atoms with Gasteiger partial charge in [-0.05, 0) is 18.2 Å². The van der Waals surface area contributed by atoms with E-state index in [-0.39, 0.29) is 30.4 Å². The van der Waals surface area contributed by atoms with E-state index in [4.69, 9.17) is 15.6 Å². The second kappa shape index (κ2) is 7.88. The van der Waals surface area contributed by atoms with Gasteiger partial charge in [0.25, 0.3) is 5.91 Å². The van der Waals surface area contributed by atoms with E-state index in [1.54, 1.807) is 0 Å². The lowest BCUT2D eigenvalue weighted by Crippen LogP contribution is -2.65. The fourth-order valence-corrected chi connectivity index (χ4v) is 3.18. The molecule has 9 nitrogen and oxygen atoms in total. The van der Waals surface area contributed by atoms with Crippen LogP contribution in [0.4, 0.5) is 0 Å². The Morgan fingerprint density at radius 1 is 1.23 bits per heavy atom. The Morgan fingerprint density at radius 3 is 2.67 bits per heavy atom. The molecule has 0 aliphatic carbocycles. The third-order valence-electron chi connectivity index (χ3n) is 4.88. The molecule has 9 heteroatoms. The highest BCUT2D eigenvalue weighted by Gasteiger charge is 2.46. The van der Waals surface area contributed by atoms with Gasteiger partial charge < -0.3 is 25.6 Å². The lowest BCUT2D eigenvalue weighted by Gasteiger charge is -2.46. The van der Waals surface area contributed by atoms with E-state index >= 15 is 0 Å². The molecule has 1 aliphatic heterocycles. The lowest BCUT2D eigenvalue weighted by atomic mass is 9.90. The smallest absolute Gasteiger partial charge is 0.276 e. The Labute approximate surface area is 172 Å². The predicted molar refractivity (Wildman–Crippen MR) is 109 cm³/mol. The van der Waals surface area contributed by atoms with E-state index in [1.807, 2.05) is 42.5 Å². The summed E-state index contributed by atoms with van der Waals surface area (Å²) in [6, 6.07) is 13.5. The van der Waals surface area contributed by atoms with Crippen LogP contribution in [-0.2, 0) is 6.42 Å². The Kier molecular flexibility index (Phi) is 5.11. The average Bonchev–Trinajstić information content (AvgIpc) is 3.21. The molecule has 4 rings (SSSR count). The number of carbonyl (C=O) groups is 1. The number of aromatic nitrogens is 3. The number of hydrogen-bond donors (Lipinski definition) is 3. The number of carbonyl (C=O) groups excluding carboxylic acids is 1. The molecular weight excluding hydrogens is 384 g/mol. The van der Waals surface area contributed by atoms with E-state index in [0.29, 0.717) is 18.0 Å². The minimum Gasteiger partial charge on any atom is -0.448 e. The van der Waals surface area contributed by atoms with Crippen LogP contribution in [0, 0.1) is 5.41 Å². The molecule has 30 heavy (non-hydrogen) atoms. The molecule has 2 aromatic heterocycles. The third-order valence-corrected chi connectivity index (χ3v) is 4.88. The molecule has 1 fully saturated rings. The van der Waals surface area contributed by atoms with Crippen LogP contribution < -0.4 is 5.73 Å². The van der Waals surface area contributed by atoms with Gasteiger partial charge >= 0.3 is 0 Å². The van der Waals surface area contributed by atoms with Crippen molar-refractivity contribution in [3.05, 3.63) is 77.8 Å². The maximum absolute atomic E-state index is 12.5. The quantitative estimate of drug-likeness (QED) is 0.527. The summed E-state index contributed by atoms with van der Waals surface area (Å²) < 4.78 is 5.41. The number of benzene rings is 1. The normalized spacial score (nSPS) is 15.5. The van der Waals surface area contributed by atoms with Gasteiger partial charge in [-0.15, -0.1) is 0 Å². The van der Waals surface area contributed by atoms with Gasteiger partial charge in [-0.1, -0.05) is 30.3 Å². The van der Waals surface area contributed by atoms with Crippen LogP contribution in [-0.4, -0.2) is 56.0 Å². The number of hydrogen-bond acceptors (Lipinski definition) is 8. The first-order valence-corrected chi connectivity index (χ1v) is 9.29. The highest BCUT2D eigenvalue weighted by molar-refractivity contribution is 5.93. The van der Waals surface area contributed by atoms with Gasteiger partial charge in [-0.2, -0.15) is 10.2 Å². The highest BCUT2D eigenvalue weighted by atomic mass is 16.3. The lowest BCUT2D eigenvalue weighted by molar-refractivity contribution is -0.0547. The first-order chi connectivity index (χ1) is 14.5. The Balaban J connectivity index is 1.38. The second-order valence-corrected chi connectivity index (χ2v) is 7.06. The van der Waals surface area contributed by atoms with E-state index < -0.39 is 5.60 Å². The van der Waals surface area contributed by atoms with Crippen LogP contribution >= 0.6 is 0 Å². The number of nitrogens with one attached hydrogen (secondary N) is 1. The summed E-state index contributed by atoms with van der Waals surface area (Å²) in [5, 5.41) is 25.8. The number of rotatable bonds is 6. The van der Waals surface area contributed by atoms with E-state index in [9.17, 15) is 9.90 Å². The predicted octanol–water partition coefficient (Wildman–Crippen LogP) is 1.40. The maximum Gasteiger partial charge on any atom is 0.276 e. The minimum absolute atomic E-state index is 0.0383. The van der Waals surface area contributed by atoms with Crippen molar-refractivity contribution in [3.8, 4) is 11.3 Å². The zero-order chi connectivity index (χ0) is 21.1. The van der Waals surface area contributed by atoms with E-state index in [1.165, 1.54) is 17.2 Å². The highest BCUT2D eigenvalue weighted by Crippen LogP contribution is 2.27. The molecule has 152 valence electrons. The Morgan fingerprint density at radius 2 is 2.00 bits per heavy atom. The van der Waals surface area contributed by atoms with Gasteiger partial charge in [0.2, 0.25) is 5.89 Å². The first kappa shape index (κ1) is 19.5. The Bertz CT molecular complexity index is 1090. The minimum atomic E-state index is -1.31. The summed E-state index contributed by atoms with van der Waals surface area (Å²) in [6.45, 7) is 0.0766. The molecular formula is C21H20N6O3. The zero-order valence-electron chi connectivity index (χ0n) is 16.0. The molecule has 4 N–H and O–H groups in total. The van der Waals surface area contributed by atoms with Crippen LogP contribution in [0.2, 0.25) is 0 Å². The molecule has 0 saturated carbocycles. The molecule has 1 saturated heterocycles. The van der Waals surface area contributed by atoms with Crippen LogP contribution in [0.15, 0.2) is 64.9 Å². The summed E-state index contributed by atoms with van der Waals surface area (Å²) in [5.74, 6) is -0.0121. The standard InChI is InChI=1S/C21H20N6O3/c22-9-8-18(23)21(29)12-27(13-21)20(28)17-11-30-19(24-17)10-15-6-7-16(26-25-15)14-4-2-1-3-5-14/h1-9,11,22,29H,10,12-13,23H2/b18-8-,22-9?. The number of allylic oxidation sites excluding steroid dienone is 1. The molecule has 3 heterocycles. The molecule has 0 unspecified atom stereocenters. The van der Waals surface area contributed by atoms with Crippen molar-refractivity contribution in [2.45, 2.75) is 12.0 Å². The van der Waals surface area contributed by atoms with Crippen molar-refractivity contribution in [3.63, 3.8) is 0 Å². The Hall–Kier alpha value is -3.85. The van der Waals surface area contributed by atoms with Gasteiger partial charge in [0, 0.05) is 17.5 Å². The number of nitrogens with two attached hydrogens (primary N) is 1. The maximum atomic E-state index is 12.5. The van der Waals surface area contributed by atoms with E-state index in [2.05, 4.69) is 15.2 Å². The SMILES string of the molecule is N=C/C=C(\N)C1(O)CN(C(=O)c2coc(Cc3ccc(-c4ccccc4)nn3)n2)C1. The molecule has 1 aliphatic rings. The van der Waals surface area contributed by atoms with Crippen molar-refractivity contribution in [1.29, 1.82) is 5.41 Å². The molecule has 0 bridgehead atoms. The summed E-state index contributed by atoms with van der Waals surface area (Å²) >= 11 is 0. The van der Waals surface area contributed by atoms with E-state index in [0.717, 1.165) is 17.5 Å². The molecule has 3 aromatic rings. The van der Waals surface area contributed by atoms with Gasteiger partial charge in [0.15, 0.2) is 5.69 Å². The summed E-state index contributed by atoms with van der Waals surface area (Å²) in [5.41, 5.74) is 7.14. The summed E-state index contributed by atoms with van der Waals surface area (Å²) in [4.78, 5) is 18.2. The van der Waals surface area contributed by atoms with Crippen molar-refractivity contribution in [2.75, 3.05) is 13.1 Å². The average molecular weight is 404 g/mol. The third kappa shape index (κ3) is 3.83. The number of oxazole rings is 1. The number of nitrogens with zero attached hydrogens (tertiary/aromatic N) is 4. The topological polar surface area (TPSA) is 142 Å². The fourth-order valence-electron chi connectivity index (χ4n) is 3.18. The van der Waals surface area contributed by atoms with Crippen molar-refractivity contribution in [2.24, 2.45) is 5.73 Å². The molecule has 0 radical (unpaired) electrons. The first-order valence-electron chi connectivity index (χ1n) is 9.29. The zero-order valence-corrected chi connectivity index (χ0v) is 16.0. The van der Waals surface area contributed by atoms with Crippen LogP contribution in [0.25, 0.3) is 11.3 Å². The van der Waals surface area contributed by atoms with Gasteiger partial charge in [0.05, 0.1) is 30.9 Å². The van der Waals surface area contributed by atoms with Gasteiger partial charge in [0.1, 0.15) is 11.9 Å². The number of likely N-dealkylation sites (tertiary alicyclic amines) is 1. The fraction of sp³-hybridized carbons (Fsp3) is 0.190. The molecule has 0 atom stereocenters. The van der Waals surface area contributed by atoms with Crippen LogP contribution in [0.5, 0.6) is 0 Å². The monoisotopic (exact) mass is 404 g/mol.